The molecule has 2 aromatic carbocycles. The number of benzene rings is 2. The predicted molar refractivity (Wildman–Crippen MR) is 95.4 cm³/mol. The van der Waals surface area contributed by atoms with Crippen LogP contribution in [0.2, 0.25) is 0 Å². The largest absolute Gasteiger partial charge is 0.481 e. The van der Waals surface area contributed by atoms with Gasteiger partial charge < -0.3 is 15.7 Å². The van der Waals surface area contributed by atoms with Crippen LogP contribution in [0.4, 0.5) is 0 Å². The van der Waals surface area contributed by atoms with Crippen LogP contribution in [0, 0.1) is 0 Å². The molecule has 0 saturated heterocycles. The van der Waals surface area contributed by atoms with E-state index in [2.05, 4.69) is 10.6 Å². The Balaban J connectivity index is 1.69. The van der Waals surface area contributed by atoms with Gasteiger partial charge in [-0.2, -0.15) is 0 Å². The lowest BCUT2D eigenvalue weighted by Crippen LogP contribution is -2.31. The smallest absolute Gasteiger partial charge is 0.303 e. The van der Waals surface area contributed by atoms with E-state index in [0.29, 0.717) is 24.9 Å². The second-order valence-corrected chi connectivity index (χ2v) is 5.77. The summed E-state index contributed by atoms with van der Waals surface area (Å²) in [5, 5.41) is 16.0. The lowest BCUT2D eigenvalue weighted by atomic mass is 10.1. The van der Waals surface area contributed by atoms with E-state index in [1.165, 1.54) is 0 Å². The number of hydrogen-bond acceptors (Lipinski definition) is 3. The van der Waals surface area contributed by atoms with Crippen LogP contribution in [0.15, 0.2) is 42.5 Å². The standard InChI is InChI=1S/C19H22N2O4/c22-17(20-11-4-3-7-18(23)24)10-12-21-19(25)16-9-8-14-5-1-2-6-15(14)13-16/h1-2,5-6,8-9,13H,3-4,7,10-12H2,(H,20,22)(H,21,25)(H,23,24). The first-order chi connectivity index (χ1) is 12.1. The molecule has 6 nitrogen and oxygen atoms in total. The fraction of sp³-hybridized carbons (Fsp3) is 0.316. The van der Waals surface area contributed by atoms with Crippen molar-refractivity contribution in [1.82, 2.24) is 10.6 Å². The van der Waals surface area contributed by atoms with E-state index >= 15 is 0 Å². The molecule has 0 unspecified atom stereocenters. The first-order valence-electron chi connectivity index (χ1n) is 8.32. The molecule has 2 aromatic rings. The highest BCUT2D eigenvalue weighted by Gasteiger charge is 2.07. The molecule has 0 aromatic heterocycles. The topological polar surface area (TPSA) is 95.5 Å². The number of carbonyl (C=O) groups is 3. The second-order valence-electron chi connectivity index (χ2n) is 5.77. The average Bonchev–Trinajstić information content (AvgIpc) is 2.60. The number of carbonyl (C=O) groups excluding carboxylic acids is 2. The summed E-state index contributed by atoms with van der Waals surface area (Å²) in [6.45, 7) is 0.706. The Kier molecular flexibility index (Phi) is 6.95. The zero-order valence-electron chi connectivity index (χ0n) is 14.0. The average molecular weight is 342 g/mol. The minimum atomic E-state index is -0.831. The maximum atomic E-state index is 12.1. The Bertz CT molecular complexity index is 758. The van der Waals surface area contributed by atoms with E-state index in [0.717, 1.165) is 10.8 Å². The van der Waals surface area contributed by atoms with Gasteiger partial charge in [0.05, 0.1) is 0 Å². The maximum absolute atomic E-state index is 12.1. The van der Waals surface area contributed by atoms with Gasteiger partial charge in [0.2, 0.25) is 5.91 Å². The molecule has 0 spiro atoms. The molecule has 0 aliphatic rings. The van der Waals surface area contributed by atoms with Crippen molar-refractivity contribution in [2.24, 2.45) is 0 Å². The van der Waals surface area contributed by atoms with Crippen LogP contribution in [0.5, 0.6) is 0 Å². The molecule has 0 atom stereocenters. The van der Waals surface area contributed by atoms with Crippen molar-refractivity contribution in [3.8, 4) is 0 Å². The van der Waals surface area contributed by atoms with E-state index < -0.39 is 5.97 Å². The van der Waals surface area contributed by atoms with Crippen LogP contribution in [0.3, 0.4) is 0 Å². The highest BCUT2D eigenvalue weighted by molar-refractivity contribution is 5.98. The van der Waals surface area contributed by atoms with Gasteiger partial charge in [0.15, 0.2) is 0 Å². The predicted octanol–water partition coefficient (Wildman–Crippen LogP) is 2.33. The molecule has 3 N–H and O–H groups in total. The molecule has 2 rings (SSSR count). The van der Waals surface area contributed by atoms with Gasteiger partial charge in [-0.15, -0.1) is 0 Å². The molecule has 0 aliphatic carbocycles. The van der Waals surface area contributed by atoms with Crippen molar-refractivity contribution >= 4 is 28.6 Å². The fourth-order valence-electron chi connectivity index (χ4n) is 2.44. The summed E-state index contributed by atoms with van der Waals surface area (Å²) in [6, 6.07) is 13.3. The molecule has 0 heterocycles. The zero-order valence-corrected chi connectivity index (χ0v) is 14.0. The second kappa shape index (κ2) is 9.42. The third kappa shape index (κ3) is 6.25. The van der Waals surface area contributed by atoms with E-state index in [1.807, 2.05) is 36.4 Å². The fourth-order valence-corrected chi connectivity index (χ4v) is 2.44. The third-order valence-corrected chi connectivity index (χ3v) is 3.79. The van der Waals surface area contributed by atoms with Crippen LogP contribution >= 0.6 is 0 Å². The van der Waals surface area contributed by atoms with E-state index in [9.17, 15) is 14.4 Å². The van der Waals surface area contributed by atoms with Crippen LogP contribution in [-0.4, -0.2) is 36.0 Å². The summed E-state index contributed by atoms with van der Waals surface area (Å²) >= 11 is 0. The first kappa shape index (κ1) is 18.4. The lowest BCUT2D eigenvalue weighted by molar-refractivity contribution is -0.137. The summed E-state index contributed by atoms with van der Waals surface area (Å²) in [5.41, 5.74) is 0.563. The van der Waals surface area contributed by atoms with Crippen LogP contribution in [0.1, 0.15) is 36.0 Å². The number of aliphatic carboxylic acids is 1. The number of carboxylic acids is 1. The number of unbranched alkanes of at least 4 members (excludes halogenated alkanes) is 1. The van der Waals surface area contributed by atoms with Crippen molar-refractivity contribution in [2.45, 2.75) is 25.7 Å². The molecule has 6 heteroatoms. The molecule has 132 valence electrons. The number of hydrogen-bond donors (Lipinski definition) is 3. The van der Waals surface area contributed by atoms with Crippen LogP contribution in [0.25, 0.3) is 10.8 Å². The number of carboxylic acid groups (broad SMARTS) is 1. The highest BCUT2D eigenvalue weighted by Crippen LogP contribution is 2.15. The SMILES string of the molecule is O=C(O)CCCCNC(=O)CCNC(=O)c1ccc2ccccc2c1. The molecule has 0 aliphatic heterocycles. The van der Waals surface area contributed by atoms with Crippen molar-refractivity contribution in [2.75, 3.05) is 13.1 Å². The van der Waals surface area contributed by atoms with Gasteiger partial charge in [0.1, 0.15) is 0 Å². The van der Waals surface area contributed by atoms with Crippen molar-refractivity contribution in [3.63, 3.8) is 0 Å². The number of fused-ring (bicyclic) bond motifs is 1. The Morgan fingerprint density at radius 1 is 0.840 bits per heavy atom. The quantitative estimate of drug-likeness (QED) is 0.610. The summed E-state index contributed by atoms with van der Waals surface area (Å²) in [5.74, 6) is -1.20. The minimum absolute atomic E-state index is 0.109. The molecule has 0 radical (unpaired) electrons. The minimum Gasteiger partial charge on any atom is -0.481 e. The van der Waals surface area contributed by atoms with Crippen LogP contribution in [-0.2, 0) is 9.59 Å². The molecular formula is C19H22N2O4. The molecule has 0 fully saturated rings. The Hall–Kier alpha value is -2.89. The monoisotopic (exact) mass is 342 g/mol. The van der Waals surface area contributed by atoms with E-state index in [4.69, 9.17) is 5.11 Å². The summed E-state index contributed by atoms with van der Waals surface area (Å²) in [7, 11) is 0. The number of amides is 2. The molecule has 2 amide bonds. The maximum Gasteiger partial charge on any atom is 0.303 e. The number of rotatable bonds is 9. The van der Waals surface area contributed by atoms with Crippen LogP contribution < -0.4 is 10.6 Å². The Morgan fingerprint density at radius 2 is 1.60 bits per heavy atom. The molecular weight excluding hydrogens is 320 g/mol. The van der Waals surface area contributed by atoms with Gasteiger partial charge in [-0.25, -0.2) is 0 Å². The molecule has 25 heavy (non-hydrogen) atoms. The van der Waals surface area contributed by atoms with E-state index in [-0.39, 0.29) is 31.2 Å². The third-order valence-electron chi connectivity index (χ3n) is 3.79. The Labute approximate surface area is 146 Å². The van der Waals surface area contributed by atoms with Gasteiger partial charge >= 0.3 is 5.97 Å². The van der Waals surface area contributed by atoms with Gasteiger partial charge in [0.25, 0.3) is 5.91 Å². The zero-order chi connectivity index (χ0) is 18.1. The van der Waals surface area contributed by atoms with Gasteiger partial charge in [0, 0.05) is 31.5 Å². The number of nitrogens with one attached hydrogen (secondary N) is 2. The van der Waals surface area contributed by atoms with Gasteiger partial charge in [-0.3, -0.25) is 14.4 Å². The summed E-state index contributed by atoms with van der Waals surface area (Å²) in [6.07, 6.45) is 1.46. The van der Waals surface area contributed by atoms with Gasteiger partial charge in [-0.1, -0.05) is 30.3 Å². The Morgan fingerprint density at radius 3 is 2.36 bits per heavy atom. The lowest BCUT2D eigenvalue weighted by Gasteiger charge is -2.07. The van der Waals surface area contributed by atoms with Gasteiger partial charge in [-0.05, 0) is 35.7 Å². The van der Waals surface area contributed by atoms with Crippen molar-refractivity contribution in [3.05, 3.63) is 48.0 Å². The van der Waals surface area contributed by atoms with Crippen molar-refractivity contribution in [1.29, 1.82) is 0 Å². The molecule has 0 bridgehead atoms. The molecule has 0 saturated carbocycles. The first-order valence-corrected chi connectivity index (χ1v) is 8.32. The highest BCUT2D eigenvalue weighted by atomic mass is 16.4. The normalized spacial score (nSPS) is 10.4. The summed E-state index contributed by atoms with van der Waals surface area (Å²) in [4.78, 5) is 34.2. The summed E-state index contributed by atoms with van der Waals surface area (Å²) < 4.78 is 0. The van der Waals surface area contributed by atoms with Crippen molar-refractivity contribution < 1.29 is 19.5 Å². The van der Waals surface area contributed by atoms with E-state index in [1.54, 1.807) is 6.07 Å².